The maximum absolute atomic E-state index is 6.44. The van der Waals surface area contributed by atoms with E-state index in [2.05, 4.69) is 435 Å². The number of rotatable bonds is 2. The van der Waals surface area contributed by atoms with Crippen molar-refractivity contribution in [3.8, 4) is 68.3 Å². The Morgan fingerprint density at radius 3 is 1.24 bits per heavy atom. The van der Waals surface area contributed by atoms with Gasteiger partial charge in [0.2, 0.25) is 0 Å². The molecule has 14 aromatic rings. The van der Waals surface area contributed by atoms with Crippen LogP contribution in [0.25, 0.3) is 45.3 Å². The third-order valence-electron chi connectivity index (χ3n) is 30.9. The van der Waals surface area contributed by atoms with Crippen molar-refractivity contribution in [1.29, 1.82) is 0 Å². The SMILES string of the molecule is CN1C=CN2c3cccc4c3CCC(c3ccccc3-4)C12.CN1C=CN2c3cccc4c3CCC(c3ccccc3C4(C)C)C12.CN1C=CN2c3cccc4c3CCC(c3ccccc3O4)C12.Cc1cccc(C)c1-n1cc[n+]2c1-c1cccc3c1CCC2c1ccccc1C3(C)C.Cc1cccc(C)c1-n1cc[n+]2c1-c1cccc3c1CCC2c1ccccc1O3. The Morgan fingerprint density at radius 2 is 0.646 bits per heavy atom. The molecule has 3 aliphatic carbocycles. The van der Waals surface area contributed by atoms with Crippen LogP contribution in [0.1, 0.15) is 190 Å². The van der Waals surface area contributed by atoms with Gasteiger partial charge in [0, 0.05) is 132 Å². The van der Waals surface area contributed by atoms with Crippen LogP contribution < -0.4 is 33.3 Å². The number of anilines is 3. The Morgan fingerprint density at radius 1 is 0.291 bits per heavy atom. The number of hydrogen-bond acceptors (Lipinski definition) is 8. The molecule has 127 heavy (non-hydrogen) atoms. The van der Waals surface area contributed by atoms with Gasteiger partial charge in [0.25, 0.3) is 11.6 Å². The summed E-state index contributed by atoms with van der Waals surface area (Å²) in [4.78, 5) is 14.5. The van der Waals surface area contributed by atoms with Gasteiger partial charge in [0.1, 0.15) is 89.7 Å². The molecular formula is C115H112N10O2+2. The lowest BCUT2D eigenvalue weighted by atomic mass is 9.69. The monoisotopic (exact) mass is 1660 g/mol. The van der Waals surface area contributed by atoms with E-state index in [1.54, 1.807) is 5.56 Å². The van der Waals surface area contributed by atoms with Gasteiger partial charge in [-0.2, -0.15) is 9.13 Å². The van der Waals surface area contributed by atoms with Gasteiger partial charge in [-0.25, -0.2) is 9.13 Å². The van der Waals surface area contributed by atoms with Gasteiger partial charge in [-0.15, -0.1) is 0 Å². The summed E-state index contributed by atoms with van der Waals surface area (Å²) in [6.07, 6.45) is 34.9. The molecule has 10 bridgehead atoms. The van der Waals surface area contributed by atoms with Gasteiger partial charge >= 0.3 is 0 Å². The molecule has 0 spiro atoms. The number of nitrogens with zero attached hydrogens (tertiary/aromatic N) is 10. The van der Waals surface area contributed by atoms with E-state index in [9.17, 15) is 0 Å². The molecule has 0 radical (unpaired) electrons. The Hall–Kier alpha value is -13.3. The Balaban J connectivity index is 0.0000000917. The third kappa shape index (κ3) is 12.4. The van der Waals surface area contributed by atoms with Crippen molar-refractivity contribution in [2.45, 2.75) is 179 Å². The molecule has 10 aliphatic heterocycles. The number of ether oxygens (including phenoxy) is 2. The van der Waals surface area contributed by atoms with Gasteiger partial charge in [0.15, 0.2) is 0 Å². The zero-order valence-corrected chi connectivity index (χ0v) is 74.9. The second kappa shape index (κ2) is 30.5. The summed E-state index contributed by atoms with van der Waals surface area (Å²) in [6, 6.07) is 91.5. The number of aromatic nitrogens is 4. The molecular weight excluding hydrogens is 1550 g/mol. The Kier molecular flexibility index (Phi) is 18.8. The van der Waals surface area contributed by atoms with E-state index in [4.69, 9.17) is 9.47 Å². The van der Waals surface area contributed by atoms with Gasteiger partial charge < -0.3 is 38.9 Å². The van der Waals surface area contributed by atoms with Crippen LogP contribution in [0.5, 0.6) is 23.0 Å². The number of aryl methyl sites for hydroxylation is 4. The summed E-state index contributed by atoms with van der Waals surface area (Å²) in [7, 11) is 6.59. The molecule has 0 saturated heterocycles. The van der Waals surface area contributed by atoms with E-state index in [-0.39, 0.29) is 16.9 Å². The van der Waals surface area contributed by atoms with Crippen LogP contribution in [0.15, 0.2) is 311 Å². The van der Waals surface area contributed by atoms with Crippen molar-refractivity contribution in [3.05, 3.63) is 411 Å². The second-order valence-electron chi connectivity index (χ2n) is 38.4. The number of imidazole rings is 2. The Bertz CT molecular complexity index is 6830. The predicted octanol–water partition coefficient (Wildman–Crippen LogP) is 24.5. The van der Waals surface area contributed by atoms with Gasteiger partial charge in [-0.1, -0.05) is 222 Å². The zero-order chi connectivity index (χ0) is 86.0. The molecule has 2 aromatic heterocycles. The molecule has 27 rings (SSSR count). The highest BCUT2D eigenvalue weighted by Gasteiger charge is 2.48. The lowest BCUT2D eigenvalue weighted by molar-refractivity contribution is -0.702. The largest absolute Gasteiger partial charge is 0.457 e. The molecule has 8 atom stereocenters. The highest BCUT2D eigenvalue weighted by atomic mass is 16.5. The molecule has 0 amide bonds. The molecule has 8 unspecified atom stereocenters. The smallest absolute Gasteiger partial charge is 0.294 e. The van der Waals surface area contributed by atoms with E-state index >= 15 is 0 Å². The second-order valence-corrected chi connectivity index (χ2v) is 38.4. The van der Waals surface area contributed by atoms with Crippen molar-refractivity contribution in [3.63, 3.8) is 0 Å². The van der Waals surface area contributed by atoms with Crippen LogP contribution in [0, 0.1) is 27.7 Å². The maximum Gasteiger partial charge on any atom is 0.294 e. The summed E-state index contributed by atoms with van der Waals surface area (Å²) in [5.41, 5.74) is 37.7. The normalized spacial score (nSPS) is 21.3. The summed E-state index contributed by atoms with van der Waals surface area (Å²) in [5, 5.41) is 0. The molecule has 0 N–H and O–H groups in total. The van der Waals surface area contributed by atoms with Crippen LogP contribution in [0.2, 0.25) is 0 Å². The van der Waals surface area contributed by atoms with Crippen molar-refractivity contribution < 1.29 is 18.6 Å². The van der Waals surface area contributed by atoms with Crippen LogP contribution in [0.3, 0.4) is 0 Å². The molecule has 0 fully saturated rings. The van der Waals surface area contributed by atoms with Crippen LogP contribution in [0.4, 0.5) is 17.1 Å². The van der Waals surface area contributed by atoms with Crippen molar-refractivity contribution in [2.24, 2.45) is 0 Å². The standard InChI is InChI=1S/C29H29N2.C26H23N2O.C22H24N2.C19H18N2O.C19H18N2/c1-19-9-7-10-20(2)27(19)31-18-17-30-26-16-15-21-22(28(30)31)12-8-14-24(21)29(3,4)25-13-6-5-11-23(25)26;1-17-7-5-8-18(2)25(17)28-16-15-27-22-14-13-19-20(26(27)28)10-6-12-23(19)29-24-11-4-3-9-21(22)24;1-22(2)18-8-5-4-7-15(18)16-11-12-17-19(22)9-6-10-20(17)24-14-13-23(3)21(16)24;1-20-11-12-21-16-6-4-8-18-15(16)10-9-14(19(20)21)13-5-2-3-7-17(13)22-18;1-20-11-12-21-18-8-4-7-14-13-5-2-3-6-15(13)17(19(20)21)10-9-16(14)18/h5-14,17-18,26H,15-16H2,1-4H3;3-12,15-16,22H,13-14H2,1-2H3;4-10,13-14,16,21H,11-12H2,1-3H3;2-8,11-12,14,19H,9-10H2,1H3;2-8,11-12,17,19H,9-10H2,1H3/q2*+1;;;. The molecule has 0 saturated carbocycles. The molecule has 12 heterocycles. The Labute approximate surface area is 748 Å². The van der Waals surface area contributed by atoms with E-state index in [1.807, 2.05) is 0 Å². The predicted molar refractivity (Wildman–Crippen MR) is 512 cm³/mol. The highest BCUT2D eigenvalue weighted by molar-refractivity contribution is 5.81. The van der Waals surface area contributed by atoms with Gasteiger partial charge in [-0.05, 0) is 230 Å². The summed E-state index contributed by atoms with van der Waals surface area (Å²) >= 11 is 0. The molecule has 12 aromatic carbocycles. The lowest BCUT2D eigenvalue weighted by Crippen LogP contribution is -2.41. The maximum atomic E-state index is 6.44. The fourth-order valence-corrected chi connectivity index (χ4v) is 25.1. The van der Waals surface area contributed by atoms with Gasteiger partial charge in [-0.3, -0.25) is 0 Å². The van der Waals surface area contributed by atoms with Crippen LogP contribution >= 0.6 is 0 Å². The topological polar surface area (TPSA) is 55.5 Å². The molecule has 13 aliphatic rings. The molecule has 12 heteroatoms. The van der Waals surface area contributed by atoms with E-state index in [1.165, 1.54) is 183 Å². The van der Waals surface area contributed by atoms with Crippen LogP contribution in [-0.2, 0) is 42.9 Å². The minimum Gasteiger partial charge on any atom is -0.457 e. The number of para-hydroxylation sites is 4. The summed E-state index contributed by atoms with van der Waals surface area (Å²) in [5.74, 6) is 8.04. The van der Waals surface area contributed by atoms with Crippen molar-refractivity contribution >= 4 is 17.1 Å². The minimum atomic E-state index is -0.0198. The average molecular weight is 1670 g/mol. The quantitative estimate of drug-likeness (QED) is 0.159. The highest BCUT2D eigenvalue weighted by Crippen LogP contribution is 2.56. The molecule has 632 valence electrons. The average Bonchev–Trinajstić information content (AvgIpc) is 1.59. The fourth-order valence-electron chi connectivity index (χ4n) is 25.1. The first kappa shape index (κ1) is 78.4. The number of likely N-dealkylation sites (N-methyl/N-ethyl adjacent to an activating group) is 3. The van der Waals surface area contributed by atoms with E-state index in [0.29, 0.717) is 42.3 Å². The van der Waals surface area contributed by atoms with Crippen molar-refractivity contribution in [2.75, 3.05) is 35.8 Å². The van der Waals surface area contributed by atoms with Gasteiger partial charge in [0.05, 0.1) is 11.1 Å². The van der Waals surface area contributed by atoms with Crippen LogP contribution in [-0.4, -0.2) is 63.5 Å². The number of benzene rings is 12. The molecule has 12 nitrogen and oxygen atoms in total. The third-order valence-corrected chi connectivity index (χ3v) is 30.9. The fraction of sp³-hybridized carbons (Fsp3) is 0.270. The number of fused-ring (bicyclic) bond motifs is 36. The first-order valence-corrected chi connectivity index (χ1v) is 46.3. The van der Waals surface area contributed by atoms with Crippen molar-refractivity contribution in [1.82, 2.24) is 23.8 Å². The number of hydrogen-bond donors (Lipinski definition) is 0. The minimum absolute atomic E-state index is 0.0198. The first-order chi connectivity index (χ1) is 62.0. The summed E-state index contributed by atoms with van der Waals surface area (Å²) in [6.45, 7) is 18.4. The first-order valence-electron chi connectivity index (χ1n) is 46.3. The lowest BCUT2D eigenvalue weighted by Gasteiger charge is -2.37. The summed E-state index contributed by atoms with van der Waals surface area (Å²) < 4.78 is 22.6. The zero-order valence-electron chi connectivity index (χ0n) is 74.9. The van der Waals surface area contributed by atoms with E-state index < -0.39 is 0 Å². The van der Waals surface area contributed by atoms with E-state index in [0.717, 1.165) is 61.5 Å².